The molecule has 0 bridgehead atoms. The van der Waals surface area contributed by atoms with Gasteiger partial charge in [-0.05, 0) is 49.6 Å². The van der Waals surface area contributed by atoms with Crippen LogP contribution in [0.1, 0.15) is 38.6 Å². The number of benzene rings is 2. The van der Waals surface area contributed by atoms with Gasteiger partial charge >= 0.3 is 5.97 Å². The summed E-state index contributed by atoms with van der Waals surface area (Å²) >= 11 is 1.53. The molecule has 0 radical (unpaired) electrons. The molecule has 0 spiro atoms. The van der Waals surface area contributed by atoms with E-state index < -0.39 is 23.8 Å². The van der Waals surface area contributed by atoms with Crippen molar-refractivity contribution in [2.45, 2.75) is 26.0 Å². The minimum Gasteiger partial charge on any atom is -0.457 e. The zero-order valence-corrected chi connectivity index (χ0v) is 18.6. The highest BCUT2D eigenvalue weighted by atomic mass is 32.2. The molecule has 1 aliphatic rings. The third kappa shape index (κ3) is 4.18. The van der Waals surface area contributed by atoms with E-state index in [0.29, 0.717) is 40.6 Å². The Morgan fingerprint density at radius 2 is 1.69 bits per heavy atom. The third-order valence-corrected chi connectivity index (χ3v) is 5.91. The first-order chi connectivity index (χ1) is 15.5. The van der Waals surface area contributed by atoms with Crippen LogP contribution in [0.2, 0.25) is 0 Å². The highest BCUT2D eigenvalue weighted by Crippen LogP contribution is 2.27. The van der Waals surface area contributed by atoms with E-state index >= 15 is 0 Å². The number of fused-ring (bicyclic) bond motifs is 1. The molecule has 2 aromatic carbocycles. The lowest BCUT2D eigenvalue weighted by atomic mass is 10.1. The highest BCUT2D eigenvalue weighted by Gasteiger charge is 2.43. The van der Waals surface area contributed by atoms with Gasteiger partial charge in [-0.2, -0.15) is 11.8 Å². The number of carbonyl (C=O) groups excluding carboxylic acids is 3. The molecular weight excluding hydrogens is 428 g/mol. The average molecular weight is 451 g/mol. The first kappa shape index (κ1) is 21.8. The minimum absolute atomic E-state index is 0.111. The van der Waals surface area contributed by atoms with E-state index in [2.05, 4.69) is 4.98 Å². The van der Waals surface area contributed by atoms with Crippen LogP contribution in [0, 0.1) is 6.92 Å². The molecule has 0 saturated carbocycles. The van der Waals surface area contributed by atoms with Crippen molar-refractivity contribution in [3.05, 3.63) is 77.2 Å². The number of esters is 1. The van der Waals surface area contributed by atoms with Gasteiger partial charge in [0.2, 0.25) is 5.89 Å². The fourth-order valence-corrected chi connectivity index (χ4v) is 4.03. The quantitative estimate of drug-likeness (QED) is 0.377. The second-order valence-corrected chi connectivity index (χ2v) is 8.30. The Labute approximate surface area is 189 Å². The maximum atomic E-state index is 13.0. The van der Waals surface area contributed by atoms with Crippen LogP contribution in [-0.2, 0) is 16.1 Å². The normalized spacial score (nSPS) is 13.9. The van der Waals surface area contributed by atoms with Crippen LogP contribution in [0.4, 0.5) is 0 Å². The van der Waals surface area contributed by atoms with Gasteiger partial charge in [0, 0.05) is 5.56 Å². The van der Waals surface area contributed by atoms with Crippen molar-refractivity contribution in [1.29, 1.82) is 0 Å². The van der Waals surface area contributed by atoms with E-state index in [9.17, 15) is 14.4 Å². The standard InChI is InChI=1S/C24H22N2O5S/c1-15-19(25-21(31-15)16-8-4-3-5-9-16)14-30-24(29)20(12-13-32-2)26-22(27)17-10-6-7-11-18(17)23(26)28/h3-11,20H,12-14H2,1-2H3. The van der Waals surface area contributed by atoms with Crippen LogP contribution < -0.4 is 0 Å². The lowest BCUT2D eigenvalue weighted by molar-refractivity contribution is -0.149. The predicted molar refractivity (Wildman–Crippen MR) is 120 cm³/mol. The number of aromatic nitrogens is 1. The number of rotatable bonds is 8. The summed E-state index contributed by atoms with van der Waals surface area (Å²) < 4.78 is 11.2. The number of nitrogens with zero attached hydrogens (tertiary/aromatic N) is 2. The van der Waals surface area contributed by atoms with Crippen molar-refractivity contribution in [2.75, 3.05) is 12.0 Å². The van der Waals surface area contributed by atoms with Crippen LogP contribution in [0.15, 0.2) is 59.0 Å². The van der Waals surface area contributed by atoms with Gasteiger partial charge in [0.25, 0.3) is 11.8 Å². The number of thioether (sulfide) groups is 1. The van der Waals surface area contributed by atoms with Gasteiger partial charge < -0.3 is 9.15 Å². The fraction of sp³-hybridized carbons (Fsp3) is 0.250. The van der Waals surface area contributed by atoms with Crippen molar-refractivity contribution < 1.29 is 23.5 Å². The Morgan fingerprint density at radius 3 is 2.31 bits per heavy atom. The molecule has 0 saturated heterocycles. The second-order valence-electron chi connectivity index (χ2n) is 7.32. The third-order valence-electron chi connectivity index (χ3n) is 5.27. The lowest BCUT2D eigenvalue weighted by Gasteiger charge is -2.24. The number of carbonyl (C=O) groups is 3. The zero-order valence-electron chi connectivity index (χ0n) is 17.7. The predicted octanol–water partition coefficient (Wildman–Crippen LogP) is 4.11. The molecule has 8 heteroatoms. The first-order valence-corrected chi connectivity index (χ1v) is 11.5. The van der Waals surface area contributed by atoms with Gasteiger partial charge in [-0.15, -0.1) is 0 Å². The Bertz CT molecular complexity index is 1120. The molecule has 1 aromatic heterocycles. The van der Waals surface area contributed by atoms with E-state index in [1.165, 1.54) is 11.8 Å². The van der Waals surface area contributed by atoms with Gasteiger partial charge in [0.1, 0.15) is 24.1 Å². The summed E-state index contributed by atoms with van der Waals surface area (Å²) in [4.78, 5) is 44.2. The van der Waals surface area contributed by atoms with Gasteiger partial charge in [-0.25, -0.2) is 9.78 Å². The number of hydrogen-bond donors (Lipinski definition) is 0. The number of imide groups is 1. The Hall–Kier alpha value is -3.39. The maximum Gasteiger partial charge on any atom is 0.329 e. The van der Waals surface area contributed by atoms with E-state index in [-0.39, 0.29) is 6.61 Å². The number of aryl methyl sites for hydroxylation is 1. The molecule has 2 amide bonds. The molecule has 1 aliphatic heterocycles. The minimum atomic E-state index is -1.00. The number of amides is 2. The van der Waals surface area contributed by atoms with Gasteiger partial charge in [-0.1, -0.05) is 30.3 Å². The molecule has 32 heavy (non-hydrogen) atoms. The van der Waals surface area contributed by atoms with E-state index in [1.54, 1.807) is 31.2 Å². The van der Waals surface area contributed by atoms with Crippen molar-refractivity contribution in [2.24, 2.45) is 0 Å². The smallest absolute Gasteiger partial charge is 0.329 e. The lowest BCUT2D eigenvalue weighted by Crippen LogP contribution is -2.46. The fourth-order valence-electron chi connectivity index (χ4n) is 3.57. The number of ether oxygens (including phenoxy) is 1. The molecule has 7 nitrogen and oxygen atoms in total. The number of oxazole rings is 1. The van der Waals surface area contributed by atoms with Gasteiger partial charge in [-0.3, -0.25) is 14.5 Å². The van der Waals surface area contributed by atoms with Crippen molar-refractivity contribution >= 4 is 29.5 Å². The van der Waals surface area contributed by atoms with Crippen LogP contribution in [0.3, 0.4) is 0 Å². The van der Waals surface area contributed by atoms with Crippen LogP contribution in [-0.4, -0.2) is 45.7 Å². The van der Waals surface area contributed by atoms with Crippen molar-refractivity contribution in [1.82, 2.24) is 9.88 Å². The van der Waals surface area contributed by atoms with Crippen LogP contribution in [0.5, 0.6) is 0 Å². The second kappa shape index (κ2) is 9.40. The molecule has 0 fully saturated rings. The summed E-state index contributed by atoms with van der Waals surface area (Å²) in [6.45, 7) is 1.64. The van der Waals surface area contributed by atoms with Crippen LogP contribution in [0.25, 0.3) is 11.5 Å². The number of hydrogen-bond acceptors (Lipinski definition) is 7. The topological polar surface area (TPSA) is 89.7 Å². The molecular formula is C24H22N2O5S. The summed E-state index contributed by atoms with van der Waals surface area (Å²) in [5.74, 6) is -0.0205. The molecule has 0 N–H and O–H groups in total. The molecule has 4 rings (SSSR count). The van der Waals surface area contributed by atoms with E-state index in [4.69, 9.17) is 9.15 Å². The molecule has 164 valence electrons. The van der Waals surface area contributed by atoms with Crippen LogP contribution >= 0.6 is 11.8 Å². The Morgan fingerprint density at radius 1 is 1.06 bits per heavy atom. The zero-order chi connectivity index (χ0) is 22.7. The monoisotopic (exact) mass is 450 g/mol. The summed E-state index contributed by atoms with van der Waals surface area (Å²) in [5.41, 5.74) is 1.92. The Balaban J connectivity index is 1.51. The van der Waals surface area contributed by atoms with Crippen molar-refractivity contribution in [3.63, 3.8) is 0 Å². The molecule has 2 heterocycles. The van der Waals surface area contributed by atoms with Crippen molar-refractivity contribution in [3.8, 4) is 11.5 Å². The molecule has 1 atom stereocenters. The van der Waals surface area contributed by atoms with Gasteiger partial charge in [0.05, 0.1) is 11.1 Å². The molecule has 3 aromatic rings. The molecule has 0 aliphatic carbocycles. The Kier molecular flexibility index (Phi) is 6.41. The SMILES string of the molecule is CSCCC(C(=O)OCc1nc(-c2ccccc2)oc1C)N1C(=O)c2ccccc2C1=O. The average Bonchev–Trinajstić information content (AvgIpc) is 3.31. The highest BCUT2D eigenvalue weighted by molar-refractivity contribution is 7.98. The van der Waals surface area contributed by atoms with Gasteiger partial charge in [0.15, 0.2) is 0 Å². The largest absolute Gasteiger partial charge is 0.457 e. The summed E-state index contributed by atoms with van der Waals surface area (Å²) in [5, 5.41) is 0. The molecule has 1 unspecified atom stereocenters. The summed E-state index contributed by atoms with van der Waals surface area (Å²) in [7, 11) is 0. The maximum absolute atomic E-state index is 13.0. The summed E-state index contributed by atoms with van der Waals surface area (Å²) in [6.07, 6.45) is 2.20. The first-order valence-electron chi connectivity index (χ1n) is 10.2. The van der Waals surface area contributed by atoms with E-state index in [1.807, 2.05) is 36.6 Å². The van der Waals surface area contributed by atoms with E-state index in [0.717, 1.165) is 10.5 Å². The summed E-state index contributed by atoms with van der Waals surface area (Å²) in [6, 6.07) is 15.0.